The summed E-state index contributed by atoms with van der Waals surface area (Å²) in [7, 11) is 1.89. The Morgan fingerprint density at radius 1 is 1.38 bits per heavy atom. The minimum atomic E-state index is -0.405. The van der Waals surface area contributed by atoms with Crippen molar-refractivity contribution in [3.63, 3.8) is 0 Å². The maximum Gasteiger partial charge on any atom is 0.336 e. The number of ether oxygens (including phenoxy) is 1. The number of amides is 1. The smallest absolute Gasteiger partial charge is 0.336 e. The van der Waals surface area contributed by atoms with Crippen molar-refractivity contribution in [1.29, 1.82) is 0 Å². The van der Waals surface area contributed by atoms with Gasteiger partial charge in [-0.25, -0.2) is 4.79 Å². The van der Waals surface area contributed by atoms with E-state index in [0.29, 0.717) is 11.3 Å². The van der Waals surface area contributed by atoms with E-state index in [1.165, 1.54) is 6.07 Å². The van der Waals surface area contributed by atoms with Crippen LogP contribution in [0.3, 0.4) is 0 Å². The lowest BCUT2D eigenvalue weighted by atomic mass is 10.2. The number of fused-ring (bicyclic) bond motifs is 1. The number of rotatable bonds is 5. The Morgan fingerprint density at radius 3 is 2.96 bits per heavy atom. The molecule has 7 heteroatoms. The summed E-state index contributed by atoms with van der Waals surface area (Å²) in [6.07, 6.45) is 2.05. The highest BCUT2D eigenvalue weighted by Crippen LogP contribution is 2.20. The van der Waals surface area contributed by atoms with Gasteiger partial charge in [-0.05, 0) is 38.1 Å². The molecule has 1 atom stereocenters. The number of nitrogens with zero attached hydrogens (tertiary/aromatic N) is 1. The largest absolute Gasteiger partial charge is 0.484 e. The van der Waals surface area contributed by atoms with Crippen molar-refractivity contribution in [3.05, 3.63) is 40.8 Å². The molecule has 0 bridgehead atoms. The van der Waals surface area contributed by atoms with Gasteiger partial charge in [-0.15, -0.1) is 12.4 Å². The van der Waals surface area contributed by atoms with Gasteiger partial charge >= 0.3 is 5.63 Å². The van der Waals surface area contributed by atoms with Crippen molar-refractivity contribution in [1.82, 2.24) is 10.2 Å². The molecule has 1 N–H and O–H groups in total. The Labute approximate surface area is 146 Å². The molecule has 1 aliphatic rings. The second kappa shape index (κ2) is 8.17. The molecule has 1 aromatic heterocycles. The molecule has 1 aromatic carbocycles. The molecule has 6 nitrogen and oxygen atoms in total. The lowest BCUT2D eigenvalue weighted by Crippen LogP contribution is -2.43. The molecule has 0 saturated carbocycles. The van der Waals surface area contributed by atoms with Gasteiger partial charge in [0.1, 0.15) is 11.3 Å². The van der Waals surface area contributed by atoms with Crippen molar-refractivity contribution in [2.24, 2.45) is 0 Å². The molecule has 0 aliphatic carbocycles. The first-order valence-corrected chi connectivity index (χ1v) is 7.78. The van der Waals surface area contributed by atoms with Crippen LogP contribution in [0.5, 0.6) is 5.75 Å². The number of carbonyl (C=O) groups is 1. The Kier molecular flexibility index (Phi) is 6.23. The lowest BCUT2D eigenvalue weighted by molar-refractivity contribution is -0.134. The molecule has 0 radical (unpaired) electrons. The van der Waals surface area contributed by atoms with Crippen LogP contribution in [0.2, 0.25) is 0 Å². The van der Waals surface area contributed by atoms with Crippen molar-refractivity contribution in [3.8, 4) is 5.75 Å². The molecule has 1 unspecified atom stereocenters. The number of hydrogen-bond donors (Lipinski definition) is 1. The third kappa shape index (κ3) is 4.07. The van der Waals surface area contributed by atoms with Crippen LogP contribution in [0.4, 0.5) is 0 Å². The minimum absolute atomic E-state index is 0. The summed E-state index contributed by atoms with van der Waals surface area (Å²) >= 11 is 0. The number of carbonyl (C=O) groups excluding carboxylic acids is 1. The summed E-state index contributed by atoms with van der Waals surface area (Å²) in [6, 6.07) is 8.52. The quantitative estimate of drug-likeness (QED) is 0.831. The predicted molar refractivity (Wildman–Crippen MR) is 93.9 cm³/mol. The molecule has 1 amide bonds. The van der Waals surface area contributed by atoms with Gasteiger partial charge in [0.15, 0.2) is 6.61 Å². The van der Waals surface area contributed by atoms with Crippen LogP contribution in [0, 0.1) is 0 Å². The van der Waals surface area contributed by atoms with Crippen molar-refractivity contribution >= 4 is 29.3 Å². The van der Waals surface area contributed by atoms with Crippen LogP contribution < -0.4 is 15.7 Å². The highest BCUT2D eigenvalue weighted by Gasteiger charge is 2.28. The molecular formula is C17H21ClN2O4. The fourth-order valence-electron chi connectivity index (χ4n) is 2.97. The monoisotopic (exact) mass is 352 g/mol. The van der Waals surface area contributed by atoms with Crippen molar-refractivity contribution in [2.45, 2.75) is 18.9 Å². The number of nitrogens with one attached hydrogen (secondary N) is 1. The number of hydrogen-bond acceptors (Lipinski definition) is 5. The van der Waals surface area contributed by atoms with Crippen LogP contribution in [0.15, 0.2) is 39.5 Å². The van der Waals surface area contributed by atoms with Crippen LogP contribution in [0.1, 0.15) is 12.8 Å². The average Bonchev–Trinajstić information content (AvgIpc) is 3.01. The third-order valence-corrected chi connectivity index (χ3v) is 4.09. The second-order valence-electron chi connectivity index (χ2n) is 5.68. The first-order chi connectivity index (χ1) is 11.2. The van der Waals surface area contributed by atoms with E-state index >= 15 is 0 Å². The Balaban J connectivity index is 0.00000208. The van der Waals surface area contributed by atoms with Gasteiger partial charge in [-0.3, -0.25) is 4.79 Å². The zero-order valence-corrected chi connectivity index (χ0v) is 14.3. The van der Waals surface area contributed by atoms with E-state index in [-0.39, 0.29) is 31.0 Å². The summed E-state index contributed by atoms with van der Waals surface area (Å²) in [5, 5.41) is 3.93. The van der Waals surface area contributed by atoms with Gasteiger partial charge in [0.25, 0.3) is 5.91 Å². The Bertz CT molecular complexity index is 762. The number of halogens is 1. The molecule has 24 heavy (non-hydrogen) atoms. The van der Waals surface area contributed by atoms with Gasteiger partial charge in [0.05, 0.1) is 0 Å². The minimum Gasteiger partial charge on any atom is -0.484 e. The van der Waals surface area contributed by atoms with Gasteiger partial charge < -0.3 is 19.4 Å². The zero-order chi connectivity index (χ0) is 16.2. The standard InChI is InChI=1S/C17H20N2O4.ClH/c1-18-10-13-3-2-8-19(13)16(20)11-22-14-6-4-12-5-7-17(21)23-15(12)9-14;/h4-7,9,13,18H,2-3,8,10-11H2,1H3;1H. The second-order valence-corrected chi connectivity index (χ2v) is 5.68. The van der Waals surface area contributed by atoms with Crippen LogP contribution in [-0.4, -0.2) is 43.6 Å². The average molecular weight is 353 g/mol. The van der Waals surface area contributed by atoms with Crippen LogP contribution in [-0.2, 0) is 4.79 Å². The van der Waals surface area contributed by atoms with Gasteiger partial charge in [-0.2, -0.15) is 0 Å². The summed E-state index contributed by atoms with van der Waals surface area (Å²) < 4.78 is 10.7. The van der Waals surface area contributed by atoms with Crippen molar-refractivity contribution in [2.75, 3.05) is 26.7 Å². The van der Waals surface area contributed by atoms with E-state index in [1.807, 2.05) is 11.9 Å². The van der Waals surface area contributed by atoms with Gasteiger partial charge in [0.2, 0.25) is 0 Å². The molecule has 1 fully saturated rings. The lowest BCUT2D eigenvalue weighted by Gasteiger charge is -2.24. The van der Waals surface area contributed by atoms with Crippen LogP contribution in [0.25, 0.3) is 11.0 Å². The molecule has 0 spiro atoms. The highest BCUT2D eigenvalue weighted by molar-refractivity contribution is 5.85. The normalized spacial score (nSPS) is 16.9. The third-order valence-electron chi connectivity index (χ3n) is 4.09. The predicted octanol–water partition coefficient (Wildman–Crippen LogP) is 1.80. The topological polar surface area (TPSA) is 71.8 Å². The first-order valence-electron chi connectivity index (χ1n) is 7.78. The Morgan fingerprint density at radius 2 is 2.17 bits per heavy atom. The summed E-state index contributed by atoms with van der Waals surface area (Å²) in [4.78, 5) is 25.5. The maximum absolute atomic E-state index is 12.3. The number of likely N-dealkylation sites (tertiary alicyclic amines) is 1. The van der Waals surface area contributed by atoms with E-state index < -0.39 is 5.63 Å². The fraction of sp³-hybridized carbons (Fsp3) is 0.412. The zero-order valence-electron chi connectivity index (χ0n) is 13.5. The van der Waals surface area contributed by atoms with E-state index in [9.17, 15) is 9.59 Å². The van der Waals surface area contributed by atoms with Gasteiger partial charge in [0, 0.05) is 36.7 Å². The van der Waals surface area contributed by atoms with E-state index in [0.717, 1.165) is 31.3 Å². The number of likely N-dealkylation sites (N-methyl/N-ethyl adjacent to an activating group) is 1. The first kappa shape index (κ1) is 18.3. The van der Waals surface area contributed by atoms with E-state index in [4.69, 9.17) is 9.15 Å². The summed E-state index contributed by atoms with van der Waals surface area (Å²) in [6.45, 7) is 1.57. The molecule has 1 aliphatic heterocycles. The SMILES string of the molecule is CNCC1CCCN1C(=O)COc1ccc2ccc(=O)oc2c1.Cl. The summed E-state index contributed by atoms with van der Waals surface area (Å²) in [5.74, 6) is 0.502. The van der Waals surface area contributed by atoms with E-state index in [1.54, 1.807) is 24.3 Å². The van der Waals surface area contributed by atoms with E-state index in [2.05, 4.69) is 5.32 Å². The molecule has 2 heterocycles. The maximum atomic E-state index is 12.3. The fourth-order valence-corrected chi connectivity index (χ4v) is 2.97. The van der Waals surface area contributed by atoms with Crippen molar-refractivity contribution < 1.29 is 13.9 Å². The Hall–Kier alpha value is -2.05. The molecule has 2 aromatic rings. The highest BCUT2D eigenvalue weighted by atomic mass is 35.5. The number of benzene rings is 1. The van der Waals surface area contributed by atoms with Gasteiger partial charge in [-0.1, -0.05) is 0 Å². The molecule has 1 saturated heterocycles. The molecule has 3 rings (SSSR count). The molecule has 130 valence electrons. The summed E-state index contributed by atoms with van der Waals surface area (Å²) in [5.41, 5.74) is 0.0504. The van der Waals surface area contributed by atoms with Crippen LogP contribution >= 0.6 is 12.4 Å². The molecular weight excluding hydrogens is 332 g/mol.